The third-order valence-electron chi connectivity index (χ3n) is 8.30. The Morgan fingerprint density at radius 3 is 2.60 bits per heavy atom. The highest BCUT2D eigenvalue weighted by Gasteiger charge is 2.33. The van der Waals surface area contributed by atoms with E-state index in [4.69, 9.17) is 11.1 Å². The number of nitrogens with one attached hydrogen (secondary N) is 3. The summed E-state index contributed by atoms with van der Waals surface area (Å²) in [5, 5.41) is 25.4. The van der Waals surface area contributed by atoms with Gasteiger partial charge in [0.05, 0.1) is 30.3 Å². The van der Waals surface area contributed by atoms with E-state index < -0.39 is 12.0 Å². The Kier molecular flexibility index (Phi) is 7.40. The third-order valence-corrected chi connectivity index (χ3v) is 8.30. The molecule has 4 heterocycles. The smallest absolute Gasteiger partial charge is 0.274 e. The molecule has 3 aliphatic rings. The highest BCUT2D eigenvalue weighted by atomic mass is 19.1. The summed E-state index contributed by atoms with van der Waals surface area (Å²) in [4.78, 5) is 26.1. The number of carbonyl (C=O) groups excluding carboxylic acids is 1. The van der Waals surface area contributed by atoms with E-state index in [2.05, 4.69) is 25.5 Å². The van der Waals surface area contributed by atoms with Crippen molar-refractivity contribution in [3.8, 4) is 16.9 Å². The zero-order valence-electron chi connectivity index (χ0n) is 23.6. The van der Waals surface area contributed by atoms with Crippen LogP contribution in [0.1, 0.15) is 54.2 Å². The number of rotatable bonds is 6. The summed E-state index contributed by atoms with van der Waals surface area (Å²) >= 11 is 0. The Hall–Kier alpha value is -4.67. The van der Waals surface area contributed by atoms with Gasteiger partial charge in [-0.25, -0.2) is 14.4 Å². The molecule has 42 heavy (non-hydrogen) atoms. The highest BCUT2D eigenvalue weighted by molar-refractivity contribution is 6.07. The minimum Gasteiger partial charge on any atom is -0.505 e. The second-order valence-electron chi connectivity index (χ2n) is 11.0. The van der Waals surface area contributed by atoms with Crippen LogP contribution in [-0.2, 0) is 6.42 Å². The number of aromatic hydroxyl groups is 1. The molecular formula is C31H35FN8O2. The molecule has 1 amide bonds. The Labute approximate surface area is 244 Å². The van der Waals surface area contributed by atoms with Crippen molar-refractivity contribution in [3.63, 3.8) is 0 Å². The van der Waals surface area contributed by atoms with Crippen LogP contribution in [0.2, 0.25) is 0 Å². The lowest BCUT2D eigenvalue weighted by atomic mass is 9.94. The van der Waals surface area contributed by atoms with Gasteiger partial charge in [-0.2, -0.15) is 0 Å². The lowest BCUT2D eigenvalue weighted by Crippen LogP contribution is -2.42. The number of hydrogen-bond acceptors (Lipinski definition) is 9. The molecule has 1 aromatic heterocycles. The normalized spacial score (nSPS) is 18.4. The lowest BCUT2D eigenvalue weighted by molar-refractivity contribution is 0.0755. The van der Waals surface area contributed by atoms with Crippen molar-refractivity contribution in [2.75, 3.05) is 36.8 Å². The molecule has 10 nitrogen and oxygen atoms in total. The van der Waals surface area contributed by atoms with E-state index in [0.717, 1.165) is 48.7 Å². The van der Waals surface area contributed by atoms with Crippen LogP contribution in [0.4, 0.5) is 15.9 Å². The van der Waals surface area contributed by atoms with E-state index in [0.29, 0.717) is 54.0 Å². The number of hydrogen-bond donors (Lipinski definition) is 5. The van der Waals surface area contributed by atoms with Gasteiger partial charge in [-0.3, -0.25) is 4.79 Å². The van der Waals surface area contributed by atoms with E-state index in [1.807, 2.05) is 13.0 Å². The molecule has 0 radical (unpaired) electrons. The van der Waals surface area contributed by atoms with Crippen molar-refractivity contribution >= 4 is 23.1 Å². The topological polar surface area (TPSA) is 143 Å². The van der Waals surface area contributed by atoms with Gasteiger partial charge in [-0.15, -0.1) is 0 Å². The number of nitrogens with zero attached hydrogens (tertiary/aromatic N) is 4. The summed E-state index contributed by atoms with van der Waals surface area (Å²) in [5.41, 5.74) is 11.9. The number of benzene rings is 2. The fraction of sp³-hybridized carbons (Fsp3) is 0.355. The average Bonchev–Trinajstić information content (AvgIpc) is 3.45. The van der Waals surface area contributed by atoms with Crippen LogP contribution in [0, 0.1) is 11.2 Å². The van der Waals surface area contributed by atoms with Crippen molar-refractivity contribution in [3.05, 3.63) is 76.8 Å². The van der Waals surface area contributed by atoms with Gasteiger partial charge in [0.15, 0.2) is 11.6 Å². The van der Waals surface area contributed by atoms with E-state index in [9.17, 15) is 14.3 Å². The molecule has 0 saturated carbocycles. The van der Waals surface area contributed by atoms with Crippen LogP contribution in [0.3, 0.4) is 0 Å². The summed E-state index contributed by atoms with van der Waals surface area (Å²) in [6, 6.07) is 8.05. The summed E-state index contributed by atoms with van der Waals surface area (Å²) < 4.78 is 14.1. The Balaban J connectivity index is 1.11. The van der Waals surface area contributed by atoms with Crippen LogP contribution in [-0.4, -0.2) is 63.9 Å². The first-order valence-corrected chi connectivity index (χ1v) is 14.4. The molecule has 2 aromatic carbocycles. The zero-order valence-corrected chi connectivity index (χ0v) is 23.6. The molecule has 3 aromatic rings. The summed E-state index contributed by atoms with van der Waals surface area (Å²) in [6.07, 6.45) is 7.52. The fourth-order valence-electron chi connectivity index (χ4n) is 5.93. The number of nitrogen functional groups attached to an aromatic ring is 1. The van der Waals surface area contributed by atoms with Gasteiger partial charge in [0.2, 0.25) is 0 Å². The lowest BCUT2D eigenvalue weighted by Gasteiger charge is -2.28. The Morgan fingerprint density at radius 2 is 1.88 bits per heavy atom. The van der Waals surface area contributed by atoms with E-state index in [-0.39, 0.29) is 17.4 Å². The van der Waals surface area contributed by atoms with Crippen LogP contribution in [0.5, 0.6) is 5.75 Å². The second kappa shape index (κ2) is 11.3. The SMILES string of the molecule is CCc1cc(O)c(F)cc1-c1ccc(C(=N)C2NC3=C(CN(C(=O)c4cnc(N5CCCCC5)cn4)CC3)N2)c(N)c1. The summed E-state index contributed by atoms with van der Waals surface area (Å²) in [5.74, 6) is -0.429. The van der Waals surface area contributed by atoms with Crippen LogP contribution < -0.4 is 21.3 Å². The molecule has 1 unspecified atom stereocenters. The number of piperidine rings is 1. The van der Waals surface area contributed by atoms with Gasteiger partial charge >= 0.3 is 0 Å². The molecule has 0 spiro atoms. The third kappa shape index (κ3) is 5.22. The molecule has 0 aliphatic carbocycles. The molecule has 1 fully saturated rings. The number of phenols is 1. The Bertz CT molecular complexity index is 1570. The second-order valence-corrected chi connectivity index (χ2v) is 11.0. The number of amides is 1. The number of carbonyl (C=O) groups is 1. The van der Waals surface area contributed by atoms with Gasteiger partial charge in [-0.05, 0) is 60.6 Å². The van der Waals surface area contributed by atoms with Crippen molar-refractivity contribution in [2.24, 2.45) is 0 Å². The van der Waals surface area contributed by atoms with Gasteiger partial charge in [0.1, 0.15) is 17.7 Å². The number of nitrogens with two attached hydrogens (primary N) is 1. The van der Waals surface area contributed by atoms with Gasteiger partial charge in [0, 0.05) is 43.0 Å². The minimum atomic E-state index is -0.692. The monoisotopic (exact) mass is 570 g/mol. The fourth-order valence-corrected chi connectivity index (χ4v) is 5.93. The van der Waals surface area contributed by atoms with Crippen LogP contribution in [0.25, 0.3) is 11.1 Å². The van der Waals surface area contributed by atoms with Gasteiger partial charge < -0.3 is 36.7 Å². The highest BCUT2D eigenvalue weighted by Crippen LogP contribution is 2.32. The molecular weight excluding hydrogens is 535 g/mol. The first-order chi connectivity index (χ1) is 20.3. The molecule has 1 saturated heterocycles. The average molecular weight is 571 g/mol. The first kappa shape index (κ1) is 27.5. The molecule has 1 atom stereocenters. The number of phenolic OH excluding ortho intramolecular Hbond substituents is 1. The van der Waals surface area contributed by atoms with Crippen LogP contribution in [0.15, 0.2) is 54.1 Å². The molecule has 3 aliphatic heterocycles. The number of anilines is 2. The summed E-state index contributed by atoms with van der Waals surface area (Å²) in [6.45, 7) is 4.77. The van der Waals surface area contributed by atoms with Crippen molar-refractivity contribution in [1.82, 2.24) is 25.5 Å². The first-order valence-electron chi connectivity index (χ1n) is 14.4. The number of aromatic nitrogens is 2. The van der Waals surface area contributed by atoms with Crippen molar-refractivity contribution in [1.29, 1.82) is 5.41 Å². The maximum atomic E-state index is 14.1. The quantitative estimate of drug-likeness (QED) is 0.223. The minimum absolute atomic E-state index is 0.170. The number of halogens is 1. The van der Waals surface area contributed by atoms with E-state index in [1.54, 1.807) is 29.4 Å². The van der Waals surface area contributed by atoms with Gasteiger partial charge in [0.25, 0.3) is 5.91 Å². The van der Waals surface area contributed by atoms with E-state index in [1.165, 1.54) is 18.6 Å². The Morgan fingerprint density at radius 1 is 1.10 bits per heavy atom. The molecule has 6 N–H and O–H groups in total. The maximum absolute atomic E-state index is 14.1. The van der Waals surface area contributed by atoms with Crippen LogP contribution >= 0.6 is 0 Å². The molecule has 6 rings (SSSR count). The molecule has 11 heteroatoms. The molecule has 0 bridgehead atoms. The van der Waals surface area contributed by atoms with Crippen molar-refractivity contribution < 1.29 is 14.3 Å². The van der Waals surface area contributed by atoms with E-state index >= 15 is 0 Å². The largest absolute Gasteiger partial charge is 0.505 e. The summed E-state index contributed by atoms with van der Waals surface area (Å²) in [7, 11) is 0. The predicted molar refractivity (Wildman–Crippen MR) is 160 cm³/mol. The maximum Gasteiger partial charge on any atom is 0.274 e. The predicted octanol–water partition coefficient (Wildman–Crippen LogP) is 3.77. The van der Waals surface area contributed by atoms with Gasteiger partial charge in [-0.1, -0.05) is 19.1 Å². The number of aryl methyl sites for hydroxylation is 1. The molecule has 218 valence electrons. The van der Waals surface area contributed by atoms with Crippen molar-refractivity contribution in [2.45, 2.75) is 45.2 Å². The standard InChI is InChI=1S/C31H35FN8O2/c1-2-18-13-27(41)22(32)14-21(18)19-6-7-20(23(33)12-19)29(34)30-37-24-8-11-40(17-26(24)38-30)31(42)25-15-36-28(16-35-25)39-9-4-3-5-10-39/h6-7,12-16,30,34,37-38,41H,2-5,8-11,17,33H2,1H3. The zero-order chi connectivity index (χ0) is 29.4.